The molecule has 4 rings (SSSR count). The molecule has 0 atom stereocenters. The van der Waals surface area contributed by atoms with Gasteiger partial charge < -0.3 is 4.42 Å². The zero-order valence-corrected chi connectivity index (χ0v) is 16.2. The van der Waals surface area contributed by atoms with Crippen LogP contribution in [-0.2, 0) is 5.75 Å². The molecule has 0 saturated carbocycles. The first-order chi connectivity index (χ1) is 13.1. The van der Waals surface area contributed by atoms with Gasteiger partial charge in [0.2, 0.25) is 11.0 Å². The predicted octanol–water partition coefficient (Wildman–Crippen LogP) is 4.53. The van der Waals surface area contributed by atoms with Gasteiger partial charge in [0.25, 0.3) is 0 Å². The van der Waals surface area contributed by atoms with Crippen molar-refractivity contribution < 1.29 is 4.42 Å². The Morgan fingerprint density at radius 2 is 1.74 bits per heavy atom. The first kappa shape index (κ1) is 17.5. The van der Waals surface area contributed by atoms with E-state index in [2.05, 4.69) is 52.6 Å². The summed E-state index contributed by atoms with van der Waals surface area (Å²) < 4.78 is 7.60. The normalized spacial score (nSPS) is 11.1. The Labute approximate surface area is 161 Å². The fourth-order valence-electron chi connectivity index (χ4n) is 2.90. The number of tetrazole rings is 1. The number of hydrogen-bond acceptors (Lipinski definition) is 6. The molecule has 4 aromatic rings. The fraction of sp³-hybridized carbons (Fsp3) is 0.200. The van der Waals surface area contributed by atoms with Crippen LogP contribution in [0.5, 0.6) is 0 Å². The summed E-state index contributed by atoms with van der Waals surface area (Å²) >= 11 is 1.54. The lowest BCUT2D eigenvalue weighted by Crippen LogP contribution is -2.00. The predicted molar refractivity (Wildman–Crippen MR) is 105 cm³/mol. The summed E-state index contributed by atoms with van der Waals surface area (Å²) in [6.45, 7) is 6.07. The molecule has 0 saturated heterocycles. The minimum Gasteiger partial charge on any atom is -0.441 e. The number of hydrogen-bond donors (Lipinski definition) is 0. The third-order valence-electron chi connectivity index (χ3n) is 4.14. The molecule has 0 bridgehead atoms. The number of nitrogens with zero attached hydrogens (tertiary/aromatic N) is 5. The molecule has 0 spiro atoms. The van der Waals surface area contributed by atoms with Gasteiger partial charge in [-0.15, -0.1) is 5.10 Å². The second-order valence-electron chi connectivity index (χ2n) is 6.40. The van der Waals surface area contributed by atoms with E-state index in [1.165, 1.54) is 11.1 Å². The number of aryl methyl sites for hydroxylation is 3. The monoisotopic (exact) mass is 377 g/mol. The van der Waals surface area contributed by atoms with Crippen molar-refractivity contribution in [3.8, 4) is 17.1 Å². The van der Waals surface area contributed by atoms with Crippen molar-refractivity contribution in [3.63, 3.8) is 0 Å². The van der Waals surface area contributed by atoms with Crippen molar-refractivity contribution in [3.05, 3.63) is 71.1 Å². The first-order valence-corrected chi connectivity index (χ1v) is 9.60. The van der Waals surface area contributed by atoms with E-state index in [4.69, 9.17) is 4.42 Å². The van der Waals surface area contributed by atoms with Crippen LogP contribution < -0.4 is 0 Å². The minimum atomic E-state index is 0.632. The zero-order chi connectivity index (χ0) is 18.8. The van der Waals surface area contributed by atoms with Gasteiger partial charge in [-0.1, -0.05) is 36.0 Å². The maximum absolute atomic E-state index is 5.83. The molecule has 7 heteroatoms. The van der Waals surface area contributed by atoms with E-state index in [1.54, 1.807) is 16.4 Å². The van der Waals surface area contributed by atoms with Crippen LogP contribution in [0.15, 0.2) is 58.1 Å². The van der Waals surface area contributed by atoms with Gasteiger partial charge in [0, 0.05) is 11.3 Å². The SMILES string of the molecule is Cc1cc(C)cc(-n2nnnc2SCc2nc(-c3ccccc3)oc2C)c1. The number of rotatable bonds is 5. The summed E-state index contributed by atoms with van der Waals surface area (Å²) in [5.74, 6) is 2.08. The van der Waals surface area contributed by atoms with Crippen molar-refractivity contribution in [1.29, 1.82) is 0 Å². The summed E-state index contributed by atoms with van der Waals surface area (Å²) in [6.07, 6.45) is 0. The third kappa shape index (κ3) is 3.78. The minimum absolute atomic E-state index is 0.632. The Kier molecular flexibility index (Phi) is 4.77. The summed E-state index contributed by atoms with van der Waals surface area (Å²) in [6, 6.07) is 16.2. The molecule has 2 aromatic carbocycles. The topological polar surface area (TPSA) is 69.6 Å². The highest BCUT2D eigenvalue weighted by Gasteiger charge is 2.15. The molecule has 136 valence electrons. The van der Waals surface area contributed by atoms with Crippen LogP contribution in [-0.4, -0.2) is 25.2 Å². The van der Waals surface area contributed by atoms with Gasteiger partial charge in [0.15, 0.2) is 0 Å². The molecular formula is C20H19N5OS. The average molecular weight is 377 g/mol. The van der Waals surface area contributed by atoms with E-state index < -0.39 is 0 Å². The van der Waals surface area contributed by atoms with Gasteiger partial charge in [-0.3, -0.25) is 0 Å². The van der Waals surface area contributed by atoms with Crippen LogP contribution in [0.2, 0.25) is 0 Å². The van der Waals surface area contributed by atoms with E-state index in [-0.39, 0.29) is 0 Å². The summed E-state index contributed by atoms with van der Waals surface area (Å²) in [4.78, 5) is 4.64. The van der Waals surface area contributed by atoms with E-state index >= 15 is 0 Å². The molecule has 0 aliphatic rings. The molecular weight excluding hydrogens is 358 g/mol. The van der Waals surface area contributed by atoms with Crippen LogP contribution in [0.1, 0.15) is 22.6 Å². The molecule has 27 heavy (non-hydrogen) atoms. The lowest BCUT2D eigenvalue weighted by Gasteiger charge is -2.06. The molecule has 0 aliphatic heterocycles. The second kappa shape index (κ2) is 7.36. The number of aromatic nitrogens is 5. The van der Waals surface area contributed by atoms with Gasteiger partial charge in [0.05, 0.1) is 11.4 Å². The lowest BCUT2D eigenvalue weighted by atomic mass is 10.1. The smallest absolute Gasteiger partial charge is 0.226 e. The maximum Gasteiger partial charge on any atom is 0.226 e. The Morgan fingerprint density at radius 3 is 2.48 bits per heavy atom. The van der Waals surface area contributed by atoms with E-state index in [9.17, 15) is 0 Å². The van der Waals surface area contributed by atoms with Gasteiger partial charge in [-0.25, -0.2) is 4.98 Å². The van der Waals surface area contributed by atoms with E-state index in [0.29, 0.717) is 11.6 Å². The highest BCUT2D eigenvalue weighted by atomic mass is 32.2. The van der Waals surface area contributed by atoms with Gasteiger partial charge in [-0.05, 0) is 66.6 Å². The Balaban J connectivity index is 1.55. The van der Waals surface area contributed by atoms with Gasteiger partial charge >= 0.3 is 0 Å². The van der Waals surface area contributed by atoms with Crippen LogP contribution in [0, 0.1) is 20.8 Å². The number of thioether (sulfide) groups is 1. The van der Waals surface area contributed by atoms with Crippen molar-refractivity contribution in [2.45, 2.75) is 31.7 Å². The van der Waals surface area contributed by atoms with E-state index in [1.807, 2.05) is 37.3 Å². The summed E-state index contributed by atoms with van der Waals surface area (Å²) in [5, 5.41) is 12.9. The molecule has 0 unspecified atom stereocenters. The average Bonchev–Trinajstić information content (AvgIpc) is 3.26. The molecule has 0 fully saturated rings. The first-order valence-electron chi connectivity index (χ1n) is 8.62. The molecule has 0 amide bonds. The molecule has 2 heterocycles. The molecule has 6 nitrogen and oxygen atoms in total. The second-order valence-corrected chi connectivity index (χ2v) is 7.34. The Bertz CT molecular complexity index is 1050. The van der Waals surface area contributed by atoms with E-state index in [0.717, 1.165) is 27.9 Å². The highest BCUT2D eigenvalue weighted by molar-refractivity contribution is 7.98. The molecule has 0 radical (unpaired) electrons. The maximum atomic E-state index is 5.83. The Morgan fingerprint density at radius 1 is 1.00 bits per heavy atom. The van der Waals surface area contributed by atoms with Crippen molar-refractivity contribution in [2.75, 3.05) is 0 Å². The van der Waals surface area contributed by atoms with Crippen molar-refractivity contribution >= 4 is 11.8 Å². The van der Waals surface area contributed by atoms with Crippen LogP contribution in [0.25, 0.3) is 17.1 Å². The fourth-order valence-corrected chi connectivity index (χ4v) is 3.80. The number of benzene rings is 2. The van der Waals surface area contributed by atoms with Crippen LogP contribution >= 0.6 is 11.8 Å². The van der Waals surface area contributed by atoms with Gasteiger partial charge in [0.1, 0.15) is 5.76 Å². The highest BCUT2D eigenvalue weighted by Crippen LogP contribution is 2.27. The lowest BCUT2D eigenvalue weighted by molar-refractivity contribution is 0.540. The van der Waals surface area contributed by atoms with Crippen molar-refractivity contribution in [1.82, 2.24) is 25.2 Å². The van der Waals surface area contributed by atoms with Crippen molar-refractivity contribution in [2.24, 2.45) is 0 Å². The number of oxazole rings is 1. The summed E-state index contributed by atoms with van der Waals surface area (Å²) in [5.41, 5.74) is 5.18. The molecule has 0 N–H and O–H groups in total. The summed E-state index contributed by atoms with van der Waals surface area (Å²) in [7, 11) is 0. The van der Waals surface area contributed by atoms with Gasteiger partial charge in [-0.2, -0.15) is 4.68 Å². The van der Waals surface area contributed by atoms with Crippen LogP contribution in [0.3, 0.4) is 0 Å². The third-order valence-corrected chi connectivity index (χ3v) is 5.07. The Hall–Kier alpha value is -2.93. The van der Waals surface area contributed by atoms with Crippen LogP contribution in [0.4, 0.5) is 0 Å². The molecule has 2 aromatic heterocycles. The molecule has 0 aliphatic carbocycles. The quantitative estimate of drug-likeness (QED) is 0.476. The standard InChI is InChI=1S/C20H19N5OS/c1-13-9-14(2)11-17(10-13)25-20(22-23-24-25)27-12-18-15(3)26-19(21-18)16-7-5-4-6-8-16/h4-11H,12H2,1-3H3. The zero-order valence-electron chi connectivity index (χ0n) is 15.4. The largest absolute Gasteiger partial charge is 0.441 e.